The van der Waals surface area contributed by atoms with Gasteiger partial charge in [0.25, 0.3) is 0 Å². The molecule has 0 radical (unpaired) electrons. The monoisotopic (exact) mass is 236 g/mol. The summed E-state index contributed by atoms with van der Waals surface area (Å²) < 4.78 is 5.53. The first kappa shape index (κ1) is 12.1. The molecular weight excluding hydrogens is 216 g/mol. The van der Waals surface area contributed by atoms with Crippen LogP contribution in [0.5, 0.6) is 5.88 Å². The van der Waals surface area contributed by atoms with Crippen LogP contribution >= 0.6 is 0 Å². The Labute approximate surface area is 102 Å². The molecule has 1 aromatic rings. The van der Waals surface area contributed by atoms with E-state index in [-0.39, 0.29) is 0 Å². The number of aromatic nitrogens is 2. The van der Waals surface area contributed by atoms with E-state index in [1.165, 1.54) is 0 Å². The molecule has 94 valence electrons. The Morgan fingerprint density at radius 2 is 2.41 bits per heavy atom. The van der Waals surface area contributed by atoms with Gasteiger partial charge in [-0.1, -0.05) is 6.92 Å². The van der Waals surface area contributed by atoms with E-state index < -0.39 is 0 Å². The van der Waals surface area contributed by atoms with E-state index in [9.17, 15) is 0 Å². The molecule has 5 nitrogen and oxygen atoms in total. The van der Waals surface area contributed by atoms with Gasteiger partial charge in [0, 0.05) is 24.3 Å². The second-order valence-corrected chi connectivity index (χ2v) is 4.35. The largest absolute Gasteiger partial charge is 0.478 e. The molecule has 2 heterocycles. The van der Waals surface area contributed by atoms with Crippen LogP contribution in [0.4, 0.5) is 5.95 Å². The fourth-order valence-corrected chi connectivity index (χ4v) is 1.85. The molecule has 0 aromatic carbocycles. The third-order valence-electron chi connectivity index (χ3n) is 2.68. The molecule has 2 N–H and O–H groups in total. The minimum atomic E-state index is 0.427. The summed E-state index contributed by atoms with van der Waals surface area (Å²) in [6.07, 6.45) is 2.10. The minimum Gasteiger partial charge on any atom is -0.478 e. The van der Waals surface area contributed by atoms with Gasteiger partial charge in [-0.15, -0.1) is 0 Å². The number of aryl methyl sites for hydroxylation is 1. The third-order valence-corrected chi connectivity index (χ3v) is 2.68. The molecule has 1 aliphatic heterocycles. The van der Waals surface area contributed by atoms with E-state index >= 15 is 0 Å². The van der Waals surface area contributed by atoms with Gasteiger partial charge >= 0.3 is 0 Å². The Morgan fingerprint density at radius 1 is 1.53 bits per heavy atom. The van der Waals surface area contributed by atoms with Gasteiger partial charge in [-0.05, 0) is 26.3 Å². The predicted octanol–water partition coefficient (Wildman–Crippen LogP) is 1.35. The van der Waals surface area contributed by atoms with Crippen molar-refractivity contribution in [1.29, 1.82) is 0 Å². The summed E-state index contributed by atoms with van der Waals surface area (Å²) in [4.78, 5) is 8.74. The lowest BCUT2D eigenvalue weighted by Gasteiger charge is -2.12. The number of anilines is 1. The Kier molecular flexibility index (Phi) is 4.14. The lowest BCUT2D eigenvalue weighted by Crippen LogP contribution is -2.23. The predicted molar refractivity (Wildman–Crippen MR) is 67.5 cm³/mol. The van der Waals surface area contributed by atoms with E-state index in [0.717, 1.165) is 31.6 Å². The molecule has 5 heteroatoms. The highest BCUT2D eigenvalue weighted by Gasteiger charge is 2.15. The Hall–Kier alpha value is -1.36. The lowest BCUT2D eigenvalue weighted by molar-refractivity contribution is 0.305. The fourth-order valence-electron chi connectivity index (χ4n) is 1.85. The summed E-state index contributed by atoms with van der Waals surface area (Å²) in [5.41, 5.74) is 0.930. The first-order valence-electron chi connectivity index (χ1n) is 6.23. The zero-order valence-electron chi connectivity index (χ0n) is 10.5. The van der Waals surface area contributed by atoms with Crippen LogP contribution in [0.2, 0.25) is 0 Å². The maximum Gasteiger partial charge on any atom is 0.226 e. The van der Waals surface area contributed by atoms with Crippen LogP contribution in [0.25, 0.3) is 0 Å². The van der Waals surface area contributed by atoms with Gasteiger partial charge in [0.05, 0.1) is 6.61 Å². The summed E-state index contributed by atoms with van der Waals surface area (Å²) in [7, 11) is 0. The van der Waals surface area contributed by atoms with Crippen molar-refractivity contribution in [2.75, 3.05) is 25.0 Å². The maximum absolute atomic E-state index is 5.53. The van der Waals surface area contributed by atoms with Crippen LogP contribution in [0.1, 0.15) is 25.5 Å². The Morgan fingerprint density at radius 3 is 3.12 bits per heavy atom. The van der Waals surface area contributed by atoms with Crippen molar-refractivity contribution >= 4 is 5.95 Å². The number of nitrogens with zero attached hydrogens (tertiary/aromatic N) is 2. The molecule has 1 unspecified atom stereocenters. The van der Waals surface area contributed by atoms with Gasteiger partial charge in [-0.25, -0.2) is 4.98 Å². The Balaban J connectivity index is 2.02. The van der Waals surface area contributed by atoms with Crippen molar-refractivity contribution in [2.45, 2.75) is 32.7 Å². The van der Waals surface area contributed by atoms with Gasteiger partial charge in [0.1, 0.15) is 0 Å². The standard InChI is InChI=1S/C12H20N4O/c1-3-6-17-11-7-9(2)14-12(16-11)15-10-4-5-13-8-10/h7,10,13H,3-6,8H2,1-2H3,(H,14,15,16). The quantitative estimate of drug-likeness (QED) is 0.808. The lowest BCUT2D eigenvalue weighted by atomic mass is 10.3. The number of hydrogen-bond acceptors (Lipinski definition) is 5. The van der Waals surface area contributed by atoms with Gasteiger partial charge in [-0.3, -0.25) is 0 Å². The van der Waals surface area contributed by atoms with E-state index in [2.05, 4.69) is 27.5 Å². The summed E-state index contributed by atoms with van der Waals surface area (Å²) in [6.45, 7) is 6.77. The average Bonchev–Trinajstić information content (AvgIpc) is 2.78. The molecule has 0 aliphatic carbocycles. The zero-order valence-corrected chi connectivity index (χ0v) is 10.5. The molecule has 1 aromatic heterocycles. The highest BCUT2D eigenvalue weighted by molar-refractivity contribution is 5.32. The van der Waals surface area contributed by atoms with Crippen molar-refractivity contribution in [3.8, 4) is 5.88 Å². The molecule has 0 saturated carbocycles. The summed E-state index contributed by atoms with van der Waals surface area (Å²) in [6, 6.07) is 2.30. The van der Waals surface area contributed by atoms with Gasteiger partial charge in [0.15, 0.2) is 0 Å². The van der Waals surface area contributed by atoms with Crippen LogP contribution < -0.4 is 15.4 Å². The van der Waals surface area contributed by atoms with Crippen LogP contribution in [0.3, 0.4) is 0 Å². The highest BCUT2D eigenvalue weighted by atomic mass is 16.5. The van der Waals surface area contributed by atoms with Crippen molar-refractivity contribution in [2.24, 2.45) is 0 Å². The van der Waals surface area contributed by atoms with Crippen molar-refractivity contribution in [3.63, 3.8) is 0 Å². The van der Waals surface area contributed by atoms with E-state index in [1.54, 1.807) is 0 Å². The smallest absolute Gasteiger partial charge is 0.226 e. The summed E-state index contributed by atoms with van der Waals surface area (Å²) in [5, 5.41) is 6.64. The summed E-state index contributed by atoms with van der Waals surface area (Å²) in [5.74, 6) is 1.33. The normalized spacial score (nSPS) is 19.3. The third kappa shape index (κ3) is 3.56. The van der Waals surface area contributed by atoms with Crippen LogP contribution in [0, 0.1) is 6.92 Å². The fraction of sp³-hybridized carbons (Fsp3) is 0.667. The van der Waals surface area contributed by atoms with Crippen LogP contribution in [0.15, 0.2) is 6.07 Å². The van der Waals surface area contributed by atoms with Gasteiger partial charge < -0.3 is 15.4 Å². The van der Waals surface area contributed by atoms with Crippen LogP contribution in [-0.4, -0.2) is 35.7 Å². The number of ether oxygens (including phenoxy) is 1. The topological polar surface area (TPSA) is 59.1 Å². The Bertz CT molecular complexity index is 364. The summed E-state index contributed by atoms with van der Waals surface area (Å²) >= 11 is 0. The van der Waals surface area contributed by atoms with E-state index in [4.69, 9.17) is 4.74 Å². The number of rotatable bonds is 5. The molecule has 0 amide bonds. The number of hydrogen-bond donors (Lipinski definition) is 2. The second-order valence-electron chi connectivity index (χ2n) is 4.35. The van der Waals surface area contributed by atoms with E-state index in [1.807, 2.05) is 13.0 Å². The first-order chi connectivity index (χ1) is 8.28. The highest BCUT2D eigenvalue weighted by Crippen LogP contribution is 2.14. The minimum absolute atomic E-state index is 0.427. The molecule has 1 saturated heterocycles. The van der Waals surface area contributed by atoms with Crippen molar-refractivity contribution in [3.05, 3.63) is 11.8 Å². The van der Waals surface area contributed by atoms with Gasteiger partial charge in [-0.2, -0.15) is 4.98 Å². The van der Waals surface area contributed by atoms with E-state index in [0.29, 0.717) is 24.5 Å². The maximum atomic E-state index is 5.53. The SMILES string of the molecule is CCCOc1cc(C)nc(NC2CCNC2)n1. The molecule has 0 bridgehead atoms. The number of nitrogens with one attached hydrogen (secondary N) is 2. The van der Waals surface area contributed by atoms with Gasteiger partial charge in [0.2, 0.25) is 11.8 Å². The molecule has 1 atom stereocenters. The zero-order chi connectivity index (χ0) is 12.1. The molecule has 1 fully saturated rings. The van der Waals surface area contributed by atoms with Crippen molar-refractivity contribution < 1.29 is 4.74 Å². The first-order valence-corrected chi connectivity index (χ1v) is 6.23. The molecule has 1 aliphatic rings. The average molecular weight is 236 g/mol. The molecule has 2 rings (SSSR count). The van der Waals surface area contributed by atoms with Crippen LogP contribution in [-0.2, 0) is 0 Å². The molecular formula is C12H20N4O. The molecule has 0 spiro atoms. The molecule has 17 heavy (non-hydrogen) atoms. The second kappa shape index (κ2) is 5.82. The van der Waals surface area contributed by atoms with Crippen molar-refractivity contribution in [1.82, 2.24) is 15.3 Å².